The van der Waals surface area contributed by atoms with Gasteiger partial charge in [0.15, 0.2) is 0 Å². The maximum atomic E-state index is 2.53. The molecular formula is C15H25N. The lowest BCUT2D eigenvalue weighted by molar-refractivity contribution is 0.273. The Hall–Kier alpha value is -0.820. The van der Waals surface area contributed by atoms with Crippen LogP contribution in [0.4, 0.5) is 0 Å². The van der Waals surface area contributed by atoms with Crippen molar-refractivity contribution in [2.45, 2.75) is 46.6 Å². The van der Waals surface area contributed by atoms with Crippen molar-refractivity contribution in [1.29, 1.82) is 0 Å². The number of benzene rings is 1. The first-order chi connectivity index (χ1) is 7.76. The van der Waals surface area contributed by atoms with Crippen LogP contribution >= 0.6 is 0 Å². The molecule has 1 heteroatoms. The van der Waals surface area contributed by atoms with E-state index in [0.717, 1.165) is 13.1 Å². The predicted octanol–water partition coefficient (Wildman–Crippen LogP) is 4.01. The van der Waals surface area contributed by atoms with E-state index in [-0.39, 0.29) is 0 Å². The zero-order valence-corrected chi connectivity index (χ0v) is 11.0. The van der Waals surface area contributed by atoms with Gasteiger partial charge in [0, 0.05) is 6.54 Å². The monoisotopic (exact) mass is 219 g/mol. The second-order valence-electron chi connectivity index (χ2n) is 4.56. The molecule has 0 bridgehead atoms. The van der Waals surface area contributed by atoms with Crippen molar-refractivity contribution < 1.29 is 0 Å². The van der Waals surface area contributed by atoms with Gasteiger partial charge in [0.2, 0.25) is 0 Å². The highest BCUT2D eigenvalue weighted by Gasteiger charge is 2.02. The average molecular weight is 219 g/mol. The number of nitrogens with zero attached hydrogens (tertiary/aromatic N) is 1. The molecule has 0 saturated heterocycles. The lowest BCUT2D eigenvalue weighted by atomic mass is 10.1. The third-order valence-corrected chi connectivity index (χ3v) is 3.05. The fraction of sp³-hybridized carbons (Fsp3) is 0.600. The summed E-state index contributed by atoms with van der Waals surface area (Å²) >= 11 is 0. The van der Waals surface area contributed by atoms with E-state index in [1.807, 2.05) is 0 Å². The molecule has 0 atom stereocenters. The number of unbranched alkanes of at least 4 members (excludes halogenated alkanes) is 2. The largest absolute Gasteiger partial charge is 0.299 e. The first-order valence-electron chi connectivity index (χ1n) is 6.54. The van der Waals surface area contributed by atoms with Gasteiger partial charge in [0.1, 0.15) is 0 Å². The molecule has 1 aromatic carbocycles. The SMILES string of the molecule is CCCCCN(CC)Cc1ccc(C)cc1. The zero-order valence-electron chi connectivity index (χ0n) is 11.0. The molecule has 0 spiro atoms. The van der Waals surface area contributed by atoms with Gasteiger partial charge in [-0.15, -0.1) is 0 Å². The van der Waals surface area contributed by atoms with Crippen molar-refractivity contribution in [3.63, 3.8) is 0 Å². The summed E-state index contributed by atoms with van der Waals surface area (Å²) in [4.78, 5) is 2.53. The lowest BCUT2D eigenvalue weighted by Crippen LogP contribution is -2.23. The molecular weight excluding hydrogens is 194 g/mol. The summed E-state index contributed by atoms with van der Waals surface area (Å²) in [5.41, 5.74) is 2.78. The van der Waals surface area contributed by atoms with Gasteiger partial charge in [-0.25, -0.2) is 0 Å². The fourth-order valence-electron chi connectivity index (χ4n) is 1.89. The topological polar surface area (TPSA) is 3.24 Å². The number of rotatable bonds is 7. The van der Waals surface area contributed by atoms with E-state index in [2.05, 4.69) is 49.9 Å². The lowest BCUT2D eigenvalue weighted by Gasteiger charge is -2.20. The van der Waals surface area contributed by atoms with Gasteiger partial charge in [-0.1, -0.05) is 56.5 Å². The van der Waals surface area contributed by atoms with Crippen LogP contribution in [0.1, 0.15) is 44.2 Å². The molecule has 0 unspecified atom stereocenters. The van der Waals surface area contributed by atoms with Gasteiger partial charge in [0.05, 0.1) is 0 Å². The molecule has 90 valence electrons. The molecule has 0 aromatic heterocycles. The maximum Gasteiger partial charge on any atom is 0.0233 e. The van der Waals surface area contributed by atoms with Crippen LogP contribution in [-0.2, 0) is 6.54 Å². The van der Waals surface area contributed by atoms with E-state index in [1.54, 1.807) is 0 Å². The third kappa shape index (κ3) is 4.80. The molecule has 0 aliphatic heterocycles. The molecule has 1 rings (SSSR count). The zero-order chi connectivity index (χ0) is 11.8. The number of hydrogen-bond donors (Lipinski definition) is 0. The Kier molecular flexibility index (Phi) is 6.17. The number of hydrogen-bond acceptors (Lipinski definition) is 1. The fourth-order valence-corrected chi connectivity index (χ4v) is 1.89. The first-order valence-corrected chi connectivity index (χ1v) is 6.54. The van der Waals surface area contributed by atoms with Gasteiger partial charge in [0.25, 0.3) is 0 Å². The van der Waals surface area contributed by atoms with Gasteiger partial charge in [-0.05, 0) is 32.0 Å². The van der Waals surface area contributed by atoms with Crippen LogP contribution in [0.3, 0.4) is 0 Å². The Balaban J connectivity index is 2.40. The molecule has 0 amide bonds. The molecule has 0 aliphatic rings. The van der Waals surface area contributed by atoms with Gasteiger partial charge >= 0.3 is 0 Å². The second kappa shape index (κ2) is 7.45. The molecule has 1 nitrogen and oxygen atoms in total. The molecule has 0 N–H and O–H groups in total. The number of aryl methyl sites for hydroxylation is 1. The molecule has 1 aromatic rings. The standard InChI is InChI=1S/C15H25N/c1-4-6-7-12-16(5-2)13-15-10-8-14(3)9-11-15/h8-11H,4-7,12-13H2,1-3H3. The minimum absolute atomic E-state index is 1.10. The van der Waals surface area contributed by atoms with Crippen LogP contribution in [0.25, 0.3) is 0 Å². The quantitative estimate of drug-likeness (QED) is 0.626. The van der Waals surface area contributed by atoms with E-state index in [9.17, 15) is 0 Å². The Morgan fingerprint density at radius 1 is 1.00 bits per heavy atom. The van der Waals surface area contributed by atoms with Crippen LogP contribution in [0.2, 0.25) is 0 Å². The van der Waals surface area contributed by atoms with E-state index < -0.39 is 0 Å². The van der Waals surface area contributed by atoms with Crippen molar-refractivity contribution in [2.24, 2.45) is 0 Å². The smallest absolute Gasteiger partial charge is 0.0233 e. The minimum Gasteiger partial charge on any atom is -0.299 e. The van der Waals surface area contributed by atoms with Crippen molar-refractivity contribution in [3.05, 3.63) is 35.4 Å². The summed E-state index contributed by atoms with van der Waals surface area (Å²) < 4.78 is 0. The van der Waals surface area contributed by atoms with Crippen molar-refractivity contribution in [3.8, 4) is 0 Å². The van der Waals surface area contributed by atoms with E-state index in [4.69, 9.17) is 0 Å². The van der Waals surface area contributed by atoms with Gasteiger partial charge < -0.3 is 0 Å². The van der Waals surface area contributed by atoms with E-state index in [0.29, 0.717) is 0 Å². The maximum absolute atomic E-state index is 2.53. The second-order valence-corrected chi connectivity index (χ2v) is 4.56. The van der Waals surface area contributed by atoms with Gasteiger partial charge in [-0.2, -0.15) is 0 Å². The molecule has 0 fully saturated rings. The average Bonchev–Trinajstić information content (AvgIpc) is 2.31. The molecule has 0 aliphatic carbocycles. The van der Waals surface area contributed by atoms with Crippen molar-refractivity contribution in [1.82, 2.24) is 4.90 Å². The highest BCUT2D eigenvalue weighted by molar-refractivity contribution is 5.21. The molecule has 16 heavy (non-hydrogen) atoms. The summed E-state index contributed by atoms with van der Waals surface area (Å²) in [5, 5.41) is 0. The van der Waals surface area contributed by atoms with Crippen LogP contribution < -0.4 is 0 Å². The minimum atomic E-state index is 1.10. The Bertz CT molecular complexity index is 276. The van der Waals surface area contributed by atoms with Crippen molar-refractivity contribution in [2.75, 3.05) is 13.1 Å². The van der Waals surface area contributed by atoms with Gasteiger partial charge in [-0.3, -0.25) is 4.90 Å². The normalized spacial score (nSPS) is 11.0. The summed E-state index contributed by atoms with van der Waals surface area (Å²) in [5.74, 6) is 0. The Labute approximate surface area is 100 Å². The highest BCUT2D eigenvalue weighted by atomic mass is 15.1. The molecule has 0 heterocycles. The summed E-state index contributed by atoms with van der Waals surface area (Å²) in [7, 11) is 0. The molecule has 0 saturated carbocycles. The summed E-state index contributed by atoms with van der Waals surface area (Å²) in [6, 6.07) is 8.90. The highest BCUT2D eigenvalue weighted by Crippen LogP contribution is 2.08. The van der Waals surface area contributed by atoms with E-state index >= 15 is 0 Å². The third-order valence-electron chi connectivity index (χ3n) is 3.05. The Morgan fingerprint density at radius 2 is 1.69 bits per heavy atom. The molecule has 0 radical (unpaired) electrons. The van der Waals surface area contributed by atoms with Crippen LogP contribution in [-0.4, -0.2) is 18.0 Å². The predicted molar refractivity (Wildman–Crippen MR) is 71.7 cm³/mol. The summed E-state index contributed by atoms with van der Waals surface area (Å²) in [6.45, 7) is 10.1. The van der Waals surface area contributed by atoms with Crippen LogP contribution in [0.5, 0.6) is 0 Å². The Morgan fingerprint density at radius 3 is 2.25 bits per heavy atom. The van der Waals surface area contributed by atoms with E-state index in [1.165, 1.54) is 36.9 Å². The van der Waals surface area contributed by atoms with Crippen LogP contribution in [0, 0.1) is 6.92 Å². The van der Waals surface area contributed by atoms with Crippen LogP contribution in [0.15, 0.2) is 24.3 Å². The first kappa shape index (κ1) is 13.2. The summed E-state index contributed by atoms with van der Waals surface area (Å²) in [6.07, 6.45) is 3.99. The van der Waals surface area contributed by atoms with Crippen molar-refractivity contribution >= 4 is 0 Å².